The molecule has 20 heavy (non-hydrogen) atoms. The highest BCUT2D eigenvalue weighted by atomic mass is 16.5. The van der Waals surface area contributed by atoms with Gasteiger partial charge in [0.1, 0.15) is 5.75 Å². The average Bonchev–Trinajstić information content (AvgIpc) is 2.45. The molecule has 1 atom stereocenters. The van der Waals surface area contributed by atoms with Crippen LogP contribution in [0.5, 0.6) is 5.75 Å². The van der Waals surface area contributed by atoms with Gasteiger partial charge in [-0.1, -0.05) is 6.42 Å². The molecule has 2 heterocycles. The van der Waals surface area contributed by atoms with E-state index in [9.17, 15) is 0 Å². The summed E-state index contributed by atoms with van der Waals surface area (Å²) in [5.74, 6) is 0.913. The largest absolute Gasteiger partial charge is 0.497 e. The van der Waals surface area contributed by atoms with Gasteiger partial charge in [-0.15, -0.1) is 0 Å². The van der Waals surface area contributed by atoms with Crippen LogP contribution in [0.25, 0.3) is 0 Å². The summed E-state index contributed by atoms with van der Waals surface area (Å²) in [5, 5.41) is 3.26. The number of methoxy groups -OCH3 is 1. The molecule has 1 aromatic heterocycles. The van der Waals surface area contributed by atoms with E-state index < -0.39 is 0 Å². The van der Waals surface area contributed by atoms with E-state index >= 15 is 0 Å². The van der Waals surface area contributed by atoms with E-state index in [1.165, 1.54) is 32.2 Å². The maximum atomic E-state index is 5.35. The van der Waals surface area contributed by atoms with Gasteiger partial charge in [-0.3, -0.25) is 9.88 Å². The summed E-state index contributed by atoms with van der Waals surface area (Å²) < 4.78 is 5.35. The molecule has 1 unspecified atom stereocenters. The zero-order valence-electron chi connectivity index (χ0n) is 13.0. The van der Waals surface area contributed by atoms with E-state index in [4.69, 9.17) is 4.74 Å². The van der Waals surface area contributed by atoms with Gasteiger partial charge < -0.3 is 10.1 Å². The molecule has 4 nitrogen and oxygen atoms in total. The number of likely N-dealkylation sites (tertiary alicyclic amines) is 1. The Kier molecular flexibility index (Phi) is 5.80. The quantitative estimate of drug-likeness (QED) is 0.866. The molecule has 1 aliphatic rings. The van der Waals surface area contributed by atoms with Crippen molar-refractivity contribution in [3.63, 3.8) is 0 Å². The van der Waals surface area contributed by atoms with Gasteiger partial charge in [-0.25, -0.2) is 0 Å². The minimum absolute atomic E-state index is 0.685. The predicted molar refractivity (Wildman–Crippen MR) is 82.1 cm³/mol. The highest BCUT2D eigenvalue weighted by molar-refractivity contribution is 5.26. The summed E-state index contributed by atoms with van der Waals surface area (Å²) in [5.41, 5.74) is 2.15. The molecule has 0 aromatic carbocycles. The average molecular weight is 277 g/mol. The van der Waals surface area contributed by atoms with Crippen molar-refractivity contribution in [2.75, 3.05) is 27.2 Å². The van der Waals surface area contributed by atoms with E-state index in [0.29, 0.717) is 6.04 Å². The third-order valence-electron chi connectivity index (χ3n) is 4.06. The lowest BCUT2D eigenvalue weighted by atomic mass is 9.99. The van der Waals surface area contributed by atoms with Crippen molar-refractivity contribution in [3.05, 3.63) is 23.5 Å². The number of nitrogens with one attached hydrogen (secondary N) is 1. The van der Waals surface area contributed by atoms with E-state index in [0.717, 1.165) is 30.2 Å². The van der Waals surface area contributed by atoms with Crippen LogP contribution in [0, 0.1) is 6.92 Å². The van der Waals surface area contributed by atoms with Crippen molar-refractivity contribution in [1.82, 2.24) is 15.2 Å². The summed E-state index contributed by atoms with van der Waals surface area (Å²) in [6, 6.07) is 4.74. The molecule has 2 rings (SSSR count). The molecule has 0 aliphatic carbocycles. The zero-order chi connectivity index (χ0) is 14.4. The van der Waals surface area contributed by atoms with E-state index in [1.807, 2.05) is 20.0 Å². The molecular weight excluding hydrogens is 250 g/mol. The van der Waals surface area contributed by atoms with Crippen LogP contribution in [-0.4, -0.2) is 43.2 Å². The summed E-state index contributed by atoms with van der Waals surface area (Å²) >= 11 is 0. The first kappa shape index (κ1) is 15.3. The topological polar surface area (TPSA) is 37.4 Å². The Hall–Kier alpha value is -1.13. The fourth-order valence-electron chi connectivity index (χ4n) is 3.02. The van der Waals surface area contributed by atoms with Crippen molar-refractivity contribution in [1.29, 1.82) is 0 Å². The van der Waals surface area contributed by atoms with Crippen LogP contribution in [0.1, 0.15) is 37.1 Å². The van der Waals surface area contributed by atoms with Gasteiger partial charge in [0.25, 0.3) is 0 Å². The van der Waals surface area contributed by atoms with Crippen LogP contribution >= 0.6 is 0 Å². The van der Waals surface area contributed by atoms with Crippen molar-refractivity contribution in [2.45, 2.75) is 45.2 Å². The standard InChI is InChI=1S/C16H27N3O/c1-13-10-16(20-3)11-14(18-13)12-19-9-5-4-6-15(19)7-8-17-2/h10-11,15,17H,4-9,12H2,1-3H3. The molecule has 1 aliphatic heterocycles. The molecule has 4 heteroatoms. The first-order chi connectivity index (χ1) is 9.72. The highest BCUT2D eigenvalue weighted by Crippen LogP contribution is 2.22. The number of piperidine rings is 1. The Labute approximate surface area is 122 Å². The van der Waals surface area contributed by atoms with Crippen molar-refractivity contribution >= 4 is 0 Å². The number of rotatable bonds is 6. The van der Waals surface area contributed by atoms with Crippen LogP contribution in [0.4, 0.5) is 0 Å². The second kappa shape index (κ2) is 7.60. The molecule has 1 fully saturated rings. The van der Waals surface area contributed by atoms with Crippen molar-refractivity contribution in [3.8, 4) is 5.75 Å². The number of pyridine rings is 1. The molecule has 1 aromatic rings. The van der Waals surface area contributed by atoms with Crippen LogP contribution in [0.15, 0.2) is 12.1 Å². The molecule has 112 valence electrons. The van der Waals surface area contributed by atoms with Crippen LogP contribution in [0.3, 0.4) is 0 Å². The lowest BCUT2D eigenvalue weighted by Crippen LogP contribution is -2.40. The number of hydrogen-bond acceptors (Lipinski definition) is 4. The smallest absolute Gasteiger partial charge is 0.122 e. The lowest BCUT2D eigenvalue weighted by molar-refractivity contribution is 0.130. The molecule has 0 bridgehead atoms. The van der Waals surface area contributed by atoms with Crippen molar-refractivity contribution in [2.24, 2.45) is 0 Å². The zero-order valence-corrected chi connectivity index (χ0v) is 13.0. The summed E-state index contributed by atoms with van der Waals surface area (Å²) in [6.45, 7) is 5.24. The van der Waals surface area contributed by atoms with Gasteiger partial charge in [0.15, 0.2) is 0 Å². The molecular formula is C16H27N3O. The number of ether oxygens (including phenoxy) is 1. The molecule has 0 saturated carbocycles. The number of aromatic nitrogens is 1. The highest BCUT2D eigenvalue weighted by Gasteiger charge is 2.22. The Bertz CT molecular complexity index is 422. The summed E-state index contributed by atoms with van der Waals surface area (Å²) in [4.78, 5) is 7.24. The molecule has 0 spiro atoms. The van der Waals surface area contributed by atoms with E-state index in [-0.39, 0.29) is 0 Å². The maximum Gasteiger partial charge on any atom is 0.122 e. The Morgan fingerprint density at radius 2 is 2.25 bits per heavy atom. The van der Waals surface area contributed by atoms with Crippen LogP contribution in [-0.2, 0) is 6.54 Å². The van der Waals surface area contributed by atoms with Gasteiger partial charge in [0, 0.05) is 30.4 Å². The first-order valence-electron chi connectivity index (χ1n) is 7.63. The minimum Gasteiger partial charge on any atom is -0.497 e. The minimum atomic E-state index is 0.685. The first-order valence-corrected chi connectivity index (χ1v) is 7.63. The third kappa shape index (κ3) is 4.18. The van der Waals surface area contributed by atoms with Gasteiger partial charge >= 0.3 is 0 Å². The maximum absolute atomic E-state index is 5.35. The molecule has 0 amide bonds. The summed E-state index contributed by atoms with van der Waals surface area (Å²) in [7, 11) is 3.75. The fraction of sp³-hybridized carbons (Fsp3) is 0.688. The number of aryl methyl sites for hydroxylation is 1. The second-order valence-electron chi connectivity index (χ2n) is 5.65. The predicted octanol–water partition coefficient (Wildman–Crippen LogP) is 2.36. The Balaban J connectivity index is 2.04. The van der Waals surface area contributed by atoms with Crippen LogP contribution in [0.2, 0.25) is 0 Å². The van der Waals surface area contributed by atoms with Gasteiger partial charge in [-0.2, -0.15) is 0 Å². The molecule has 1 N–H and O–H groups in total. The lowest BCUT2D eigenvalue weighted by Gasteiger charge is -2.35. The van der Waals surface area contributed by atoms with Gasteiger partial charge in [-0.05, 0) is 46.3 Å². The normalized spacial score (nSPS) is 20.1. The van der Waals surface area contributed by atoms with E-state index in [2.05, 4.69) is 21.3 Å². The Morgan fingerprint density at radius 1 is 1.40 bits per heavy atom. The summed E-state index contributed by atoms with van der Waals surface area (Å²) in [6.07, 6.45) is 5.19. The number of nitrogens with zero attached hydrogens (tertiary/aromatic N) is 2. The van der Waals surface area contributed by atoms with E-state index in [1.54, 1.807) is 7.11 Å². The third-order valence-corrected chi connectivity index (χ3v) is 4.06. The number of hydrogen-bond donors (Lipinski definition) is 1. The fourth-order valence-corrected chi connectivity index (χ4v) is 3.02. The Morgan fingerprint density at radius 3 is 3.00 bits per heavy atom. The molecule has 1 saturated heterocycles. The molecule has 0 radical (unpaired) electrons. The van der Waals surface area contributed by atoms with Gasteiger partial charge in [0.05, 0.1) is 12.8 Å². The van der Waals surface area contributed by atoms with Crippen molar-refractivity contribution < 1.29 is 4.74 Å². The second-order valence-corrected chi connectivity index (χ2v) is 5.65. The van der Waals surface area contributed by atoms with Crippen LogP contribution < -0.4 is 10.1 Å². The monoisotopic (exact) mass is 277 g/mol. The van der Waals surface area contributed by atoms with Gasteiger partial charge in [0.2, 0.25) is 0 Å². The SMILES string of the molecule is CNCCC1CCCCN1Cc1cc(OC)cc(C)n1.